The quantitative estimate of drug-likeness (QED) is 0.499. The van der Waals surface area contributed by atoms with Crippen molar-refractivity contribution in [1.29, 1.82) is 0 Å². The van der Waals surface area contributed by atoms with Crippen molar-refractivity contribution in [3.05, 3.63) is 90.3 Å². The standard InChI is InChI=1S/C24H27N7/c1-19(28-16-22-10-4-7-13-25-22)31(20(2)29-17-23-11-5-8-14-26-23)21(3)30-18-24-12-6-9-15-27-24/h4-21H,1-3H3. The van der Waals surface area contributed by atoms with Crippen molar-refractivity contribution in [3.8, 4) is 0 Å². The Labute approximate surface area is 183 Å². The molecule has 0 aliphatic rings. The summed E-state index contributed by atoms with van der Waals surface area (Å²) in [5.74, 6) is 0. The summed E-state index contributed by atoms with van der Waals surface area (Å²) in [6, 6.07) is 17.2. The zero-order chi connectivity index (χ0) is 21.9. The van der Waals surface area contributed by atoms with Crippen LogP contribution in [0, 0.1) is 0 Å². The molecule has 3 atom stereocenters. The Morgan fingerprint density at radius 1 is 0.581 bits per heavy atom. The van der Waals surface area contributed by atoms with Gasteiger partial charge in [-0.2, -0.15) is 0 Å². The summed E-state index contributed by atoms with van der Waals surface area (Å²) in [5.41, 5.74) is 2.43. The number of rotatable bonds is 9. The second-order valence-corrected chi connectivity index (χ2v) is 6.94. The molecule has 0 amide bonds. The van der Waals surface area contributed by atoms with Crippen molar-refractivity contribution in [3.63, 3.8) is 0 Å². The molecule has 0 fully saturated rings. The summed E-state index contributed by atoms with van der Waals surface area (Å²) in [4.78, 5) is 29.2. The van der Waals surface area contributed by atoms with Gasteiger partial charge >= 0.3 is 0 Å². The van der Waals surface area contributed by atoms with Crippen molar-refractivity contribution in [1.82, 2.24) is 19.9 Å². The van der Waals surface area contributed by atoms with Gasteiger partial charge in [-0.3, -0.25) is 29.9 Å². The van der Waals surface area contributed by atoms with Gasteiger partial charge in [-0.15, -0.1) is 0 Å². The van der Waals surface area contributed by atoms with Crippen LogP contribution in [0.4, 0.5) is 0 Å². The molecule has 0 bridgehead atoms. The third kappa shape index (κ3) is 7.01. The zero-order valence-corrected chi connectivity index (χ0v) is 18.0. The highest BCUT2D eigenvalue weighted by molar-refractivity contribution is 5.78. The minimum Gasteiger partial charge on any atom is -0.272 e. The van der Waals surface area contributed by atoms with Crippen molar-refractivity contribution in [2.75, 3.05) is 0 Å². The fourth-order valence-electron chi connectivity index (χ4n) is 3.08. The molecule has 0 saturated heterocycles. The van der Waals surface area contributed by atoms with Crippen LogP contribution in [-0.2, 0) is 0 Å². The molecule has 7 nitrogen and oxygen atoms in total. The summed E-state index contributed by atoms with van der Waals surface area (Å²) in [5, 5.41) is 0. The Bertz CT molecular complexity index is 856. The third-order valence-electron chi connectivity index (χ3n) is 4.63. The summed E-state index contributed by atoms with van der Waals surface area (Å²) < 4.78 is 0. The minimum atomic E-state index is -0.172. The van der Waals surface area contributed by atoms with Gasteiger partial charge in [-0.05, 0) is 57.2 Å². The predicted octanol–water partition coefficient (Wildman–Crippen LogP) is 3.87. The van der Waals surface area contributed by atoms with Crippen molar-refractivity contribution in [2.24, 2.45) is 15.0 Å². The first-order valence-electron chi connectivity index (χ1n) is 10.2. The second kappa shape index (κ2) is 11.6. The normalized spacial score (nSPS) is 15.1. The molecule has 0 aliphatic heterocycles. The van der Waals surface area contributed by atoms with Crippen LogP contribution in [0.3, 0.4) is 0 Å². The fraction of sp³-hybridized carbons (Fsp3) is 0.250. The van der Waals surface area contributed by atoms with Crippen molar-refractivity contribution >= 4 is 18.6 Å². The van der Waals surface area contributed by atoms with E-state index in [9.17, 15) is 0 Å². The Balaban J connectivity index is 1.80. The lowest BCUT2D eigenvalue weighted by Gasteiger charge is -2.33. The lowest BCUT2D eigenvalue weighted by atomic mass is 10.3. The van der Waals surface area contributed by atoms with E-state index in [1.807, 2.05) is 75.4 Å². The van der Waals surface area contributed by atoms with Crippen LogP contribution >= 0.6 is 0 Å². The Kier molecular flexibility index (Phi) is 8.25. The molecule has 0 aromatic carbocycles. The summed E-state index contributed by atoms with van der Waals surface area (Å²) in [6.07, 6.45) is 10.1. The van der Waals surface area contributed by atoms with Crippen LogP contribution in [0.15, 0.2) is 88.2 Å². The lowest BCUT2D eigenvalue weighted by molar-refractivity contribution is 0.118. The first-order chi connectivity index (χ1) is 15.1. The van der Waals surface area contributed by atoms with Gasteiger partial charge in [-0.25, -0.2) is 4.90 Å². The molecule has 158 valence electrons. The summed E-state index contributed by atoms with van der Waals surface area (Å²) in [7, 11) is 0. The Morgan fingerprint density at radius 3 is 1.16 bits per heavy atom. The number of aliphatic imine (C=N–C) groups is 3. The molecule has 3 rings (SSSR count). The maximum atomic E-state index is 4.71. The first kappa shape index (κ1) is 22.1. The summed E-state index contributed by atoms with van der Waals surface area (Å²) >= 11 is 0. The molecule has 3 aromatic heterocycles. The van der Waals surface area contributed by atoms with Crippen LogP contribution in [0.25, 0.3) is 0 Å². The molecule has 0 N–H and O–H groups in total. The highest BCUT2D eigenvalue weighted by Crippen LogP contribution is 2.15. The molecule has 0 spiro atoms. The van der Waals surface area contributed by atoms with E-state index < -0.39 is 0 Å². The van der Waals surface area contributed by atoms with E-state index in [1.54, 1.807) is 37.2 Å². The van der Waals surface area contributed by atoms with Crippen molar-refractivity contribution in [2.45, 2.75) is 39.3 Å². The molecule has 31 heavy (non-hydrogen) atoms. The molecule has 3 unspecified atom stereocenters. The van der Waals surface area contributed by atoms with E-state index in [1.165, 1.54) is 0 Å². The van der Waals surface area contributed by atoms with E-state index in [2.05, 4.69) is 19.9 Å². The molecular formula is C24H27N7. The van der Waals surface area contributed by atoms with Crippen LogP contribution < -0.4 is 0 Å². The lowest BCUT2D eigenvalue weighted by Crippen LogP contribution is -2.44. The molecular weight excluding hydrogens is 386 g/mol. The van der Waals surface area contributed by atoms with Gasteiger partial charge in [0.15, 0.2) is 0 Å². The number of hydrogen-bond donors (Lipinski definition) is 0. The predicted molar refractivity (Wildman–Crippen MR) is 126 cm³/mol. The van der Waals surface area contributed by atoms with Gasteiger partial charge in [0.05, 0.1) is 17.1 Å². The van der Waals surface area contributed by atoms with Crippen LogP contribution in [0.5, 0.6) is 0 Å². The van der Waals surface area contributed by atoms with Crippen LogP contribution in [-0.4, -0.2) is 57.0 Å². The van der Waals surface area contributed by atoms with E-state index in [4.69, 9.17) is 15.0 Å². The Hall–Kier alpha value is -3.58. The number of aromatic nitrogens is 3. The SMILES string of the molecule is CC(N=Cc1ccccn1)N(C(C)N=Cc1ccccn1)C(C)N=Cc1ccccn1. The second-order valence-electron chi connectivity index (χ2n) is 6.94. The maximum Gasteiger partial charge on any atom is 0.102 e. The molecule has 3 heterocycles. The number of hydrogen-bond acceptors (Lipinski definition) is 7. The average Bonchev–Trinajstić information content (AvgIpc) is 2.82. The van der Waals surface area contributed by atoms with Gasteiger partial charge in [-0.1, -0.05) is 18.2 Å². The zero-order valence-electron chi connectivity index (χ0n) is 18.0. The first-order valence-corrected chi connectivity index (χ1v) is 10.2. The molecule has 0 radical (unpaired) electrons. The van der Waals surface area contributed by atoms with Gasteiger partial charge in [0, 0.05) is 37.2 Å². The van der Waals surface area contributed by atoms with Crippen LogP contribution in [0.2, 0.25) is 0 Å². The minimum absolute atomic E-state index is 0.172. The Morgan fingerprint density at radius 2 is 0.903 bits per heavy atom. The summed E-state index contributed by atoms with van der Waals surface area (Å²) in [6.45, 7) is 6.08. The molecule has 0 aliphatic carbocycles. The van der Waals surface area contributed by atoms with Gasteiger partial charge in [0.2, 0.25) is 0 Å². The largest absolute Gasteiger partial charge is 0.272 e. The van der Waals surface area contributed by atoms with Gasteiger partial charge < -0.3 is 0 Å². The van der Waals surface area contributed by atoms with Gasteiger partial charge in [0.1, 0.15) is 18.5 Å². The smallest absolute Gasteiger partial charge is 0.102 e. The average molecular weight is 414 g/mol. The fourth-order valence-corrected chi connectivity index (χ4v) is 3.08. The molecule has 0 saturated carbocycles. The van der Waals surface area contributed by atoms with Gasteiger partial charge in [0.25, 0.3) is 0 Å². The van der Waals surface area contributed by atoms with E-state index in [0.29, 0.717) is 0 Å². The highest BCUT2D eigenvalue weighted by atomic mass is 15.4. The van der Waals surface area contributed by atoms with E-state index in [-0.39, 0.29) is 18.5 Å². The monoisotopic (exact) mass is 413 g/mol. The molecule has 7 heteroatoms. The number of pyridine rings is 3. The topological polar surface area (TPSA) is 79.0 Å². The van der Waals surface area contributed by atoms with E-state index >= 15 is 0 Å². The molecule has 3 aromatic rings. The van der Waals surface area contributed by atoms with E-state index in [0.717, 1.165) is 17.1 Å². The van der Waals surface area contributed by atoms with Crippen LogP contribution in [0.1, 0.15) is 37.9 Å². The third-order valence-corrected chi connectivity index (χ3v) is 4.63. The maximum absolute atomic E-state index is 4.71. The number of nitrogens with zero attached hydrogens (tertiary/aromatic N) is 7. The highest BCUT2D eigenvalue weighted by Gasteiger charge is 2.24. The van der Waals surface area contributed by atoms with Crippen molar-refractivity contribution < 1.29 is 0 Å².